The summed E-state index contributed by atoms with van der Waals surface area (Å²) in [7, 11) is 0. The molecule has 0 radical (unpaired) electrons. The maximum Gasteiger partial charge on any atom is 0.0501 e. The number of fused-ring (bicyclic) bond motifs is 1. The lowest BCUT2D eigenvalue weighted by Crippen LogP contribution is -1.98. The van der Waals surface area contributed by atoms with Crippen molar-refractivity contribution in [1.82, 2.24) is 4.57 Å². The van der Waals surface area contributed by atoms with Crippen LogP contribution >= 0.6 is 11.8 Å². The third-order valence-corrected chi connectivity index (χ3v) is 2.97. The van der Waals surface area contributed by atoms with Crippen molar-refractivity contribution in [3.05, 3.63) is 30.5 Å². The van der Waals surface area contributed by atoms with Gasteiger partial charge in [-0.25, -0.2) is 0 Å². The number of hydrogen-bond acceptors (Lipinski definition) is 2. The van der Waals surface area contributed by atoms with Crippen molar-refractivity contribution in [1.29, 1.82) is 0 Å². The maximum atomic E-state index is 5.88. The third-order valence-electron chi connectivity index (χ3n) is 2.38. The van der Waals surface area contributed by atoms with E-state index in [2.05, 4.69) is 29.2 Å². The van der Waals surface area contributed by atoms with E-state index in [4.69, 9.17) is 5.73 Å². The Hall–Kier alpha value is -1.09. The standard InChI is InChI=1S/C11H14N2S/c1-14-8-7-13-6-5-9-10(12)3-2-4-11(9)13/h2-6H,7-8,12H2,1H3. The fourth-order valence-electron chi connectivity index (χ4n) is 1.63. The monoisotopic (exact) mass is 206 g/mol. The van der Waals surface area contributed by atoms with E-state index >= 15 is 0 Å². The topological polar surface area (TPSA) is 30.9 Å². The van der Waals surface area contributed by atoms with Crippen LogP contribution in [0.15, 0.2) is 30.5 Å². The summed E-state index contributed by atoms with van der Waals surface area (Å²) < 4.78 is 2.25. The first-order valence-electron chi connectivity index (χ1n) is 4.65. The molecule has 2 aromatic rings. The van der Waals surface area contributed by atoms with Gasteiger partial charge < -0.3 is 10.3 Å². The van der Waals surface area contributed by atoms with Gasteiger partial charge in [0.05, 0.1) is 5.52 Å². The quantitative estimate of drug-likeness (QED) is 0.782. The molecular weight excluding hydrogens is 192 g/mol. The summed E-state index contributed by atoms with van der Waals surface area (Å²) in [4.78, 5) is 0. The van der Waals surface area contributed by atoms with Gasteiger partial charge in [-0.1, -0.05) is 6.07 Å². The molecule has 0 unspecified atom stereocenters. The highest BCUT2D eigenvalue weighted by Crippen LogP contribution is 2.21. The number of thioether (sulfide) groups is 1. The van der Waals surface area contributed by atoms with E-state index < -0.39 is 0 Å². The molecule has 1 heterocycles. The summed E-state index contributed by atoms with van der Waals surface area (Å²) >= 11 is 1.86. The Bertz CT molecular complexity index is 434. The van der Waals surface area contributed by atoms with Gasteiger partial charge >= 0.3 is 0 Å². The lowest BCUT2D eigenvalue weighted by molar-refractivity contribution is 0.808. The summed E-state index contributed by atoms with van der Waals surface area (Å²) in [6.07, 6.45) is 4.23. The van der Waals surface area contributed by atoms with Crippen LogP contribution in [-0.2, 0) is 6.54 Å². The molecule has 0 aliphatic rings. The molecule has 0 atom stereocenters. The molecule has 0 amide bonds. The molecule has 1 aromatic carbocycles. The number of aryl methyl sites for hydroxylation is 1. The predicted molar refractivity (Wildman–Crippen MR) is 64.7 cm³/mol. The van der Waals surface area contributed by atoms with Crippen molar-refractivity contribution in [2.24, 2.45) is 0 Å². The molecule has 1 aromatic heterocycles. The molecular formula is C11H14N2S. The van der Waals surface area contributed by atoms with Crippen LogP contribution in [0, 0.1) is 0 Å². The van der Waals surface area contributed by atoms with Gasteiger partial charge in [-0.15, -0.1) is 0 Å². The van der Waals surface area contributed by atoms with Crippen LogP contribution < -0.4 is 5.73 Å². The van der Waals surface area contributed by atoms with Crippen LogP contribution in [0.3, 0.4) is 0 Å². The normalized spacial score (nSPS) is 10.9. The van der Waals surface area contributed by atoms with Crippen molar-refractivity contribution >= 4 is 28.4 Å². The van der Waals surface area contributed by atoms with Crippen molar-refractivity contribution < 1.29 is 0 Å². The first-order chi connectivity index (χ1) is 6.83. The van der Waals surface area contributed by atoms with Crippen molar-refractivity contribution in [2.45, 2.75) is 6.54 Å². The summed E-state index contributed by atoms with van der Waals surface area (Å²) in [5.74, 6) is 1.14. The van der Waals surface area contributed by atoms with Gasteiger partial charge in [0.1, 0.15) is 0 Å². The molecule has 2 N–H and O–H groups in total. The van der Waals surface area contributed by atoms with Gasteiger partial charge in [-0.2, -0.15) is 11.8 Å². The smallest absolute Gasteiger partial charge is 0.0501 e. The highest BCUT2D eigenvalue weighted by Gasteiger charge is 2.01. The number of nitrogens with two attached hydrogens (primary N) is 1. The second-order valence-corrected chi connectivity index (χ2v) is 4.27. The minimum Gasteiger partial charge on any atom is -0.398 e. The number of aromatic nitrogens is 1. The van der Waals surface area contributed by atoms with Crippen LogP contribution in [-0.4, -0.2) is 16.6 Å². The zero-order valence-corrected chi connectivity index (χ0v) is 9.05. The second kappa shape index (κ2) is 3.96. The molecule has 0 aliphatic carbocycles. The van der Waals surface area contributed by atoms with Crippen LogP contribution in [0.25, 0.3) is 10.9 Å². The fourth-order valence-corrected chi connectivity index (χ4v) is 2.01. The second-order valence-electron chi connectivity index (χ2n) is 3.28. The van der Waals surface area contributed by atoms with E-state index in [1.54, 1.807) is 0 Å². The lowest BCUT2D eigenvalue weighted by Gasteiger charge is -2.04. The number of anilines is 1. The Morgan fingerprint density at radius 1 is 1.36 bits per heavy atom. The van der Waals surface area contributed by atoms with Crippen LogP contribution in [0.1, 0.15) is 0 Å². The first-order valence-corrected chi connectivity index (χ1v) is 6.04. The molecule has 14 heavy (non-hydrogen) atoms. The number of hydrogen-bond donors (Lipinski definition) is 1. The molecule has 2 nitrogen and oxygen atoms in total. The Labute approximate surface area is 88.1 Å². The summed E-state index contributed by atoms with van der Waals surface area (Å²) in [6.45, 7) is 1.05. The number of nitrogens with zero attached hydrogens (tertiary/aromatic N) is 1. The average Bonchev–Trinajstić information content (AvgIpc) is 2.60. The molecule has 0 spiro atoms. The minimum atomic E-state index is 0.866. The van der Waals surface area contributed by atoms with E-state index in [-0.39, 0.29) is 0 Å². The van der Waals surface area contributed by atoms with Gasteiger partial charge in [0.25, 0.3) is 0 Å². The Kier molecular flexibility index (Phi) is 2.68. The van der Waals surface area contributed by atoms with Crippen LogP contribution in [0.4, 0.5) is 5.69 Å². The predicted octanol–water partition coefficient (Wildman–Crippen LogP) is 2.59. The van der Waals surface area contributed by atoms with Crippen molar-refractivity contribution in [3.63, 3.8) is 0 Å². The molecule has 74 valence electrons. The van der Waals surface area contributed by atoms with Gasteiger partial charge in [0.15, 0.2) is 0 Å². The number of nitrogen functional groups attached to an aromatic ring is 1. The van der Waals surface area contributed by atoms with E-state index in [1.165, 1.54) is 5.52 Å². The Balaban J connectivity index is 2.42. The van der Waals surface area contributed by atoms with Crippen molar-refractivity contribution in [2.75, 3.05) is 17.7 Å². The van der Waals surface area contributed by atoms with Gasteiger partial charge in [-0.05, 0) is 24.5 Å². The average molecular weight is 206 g/mol. The lowest BCUT2D eigenvalue weighted by atomic mass is 10.2. The molecule has 0 fully saturated rings. The van der Waals surface area contributed by atoms with E-state index in [1.807, 2.05) is 23.9 Å². The van der Waals surface area contributed by atoms with Gasteiger partial charge in [0, 0.05) is 29.6 Å². The highest BCUT2D eigenvalue weighted by atomic mass is 32.2. The largest absolute Gasteiger partial charge is 0.398 e. The van der Waals surface area contributed by atoms with Crippen molar-refractivity contribution in [3.8, 4) is 0 Å². The van der Waals surface area contributed by atoms with Crippen LogP contribution in [0.5, 0.6) is 0 Å². The van der Waals surface area contributed by atoms with Crippen LogP contribution in [0.2, 0.25) is 0 Å². The molecule has 0 aliphatic heterocycles. The third kappa shape index (κ3) is 1.60. The summed E-state index contributed by atoms with van der Waals surface area (Å²) in [6, 6.07) is 8.16. The summed E-state index contributed by atoms with van der Waals surface area (Å²) in [5.41, 5.74) is 7.98. The zero-order valence-electron chi connectivity index (χ0n) is 8.23. The number of benzene rings is 1. The first kappa shape index (κ1) is 9.46. The molecule has 0 saturated carbocycles. The van der Waals surface area contributed by atoms with E-state index in [9.17, 15) is 0 Å². The minimum absolute atomic E-state index is 0.866. The SMILES string of the molecule is CSCCn1ccc2c(N)cccc21. The van der Waals surface area contributed by atoms with E-state index in [0.717, 1.165) is 23.4 Å². The van der Waals surface area contributed by atoms with Gasteiger partial charge in [0.2, 0.25) is 0 Å². The fraction of sp³-hybridized carbons (Fsp3) is 0.273. The van der Waals surface area contributed by atoms with E-state index in [0.29, 0.717) is 0 Å². The maximum absolute atomic E-state index is 5.88. The molecule has 0 saturated heterocycles. The Morgan fingerprint density at radius 3 is 3.00 bits per heavy atom. The molecule has 3 heteroatoms. The highest BCUT2D eigenvalue weighted by molar-refractivity contribution is 7.98. The zero-order chi connectivity index (χ0) is 9.97. The molecule has 2 rings (SSSR count). The molecule has 0 bridgehead atoms. The number of rotatable bonds is 3. The van der Waals surface area contributed by atoms with Gasteiger partial charge in [-0.3, -0.25) is 0 Å². The summed E-state index contributed by atoms with van der Waals surface area (Å²) in [5, 5.41) is 1.16. The Morgan fingerprint density at radius 2 is 2.21 bits per heavy atom.